The van der Waals surface area contributed by atoms with Crippen molar-refractivity contribution in [2.45, 2.75) is 27.3 Å². The number of benzene rings is 2. The number of aromatic amines is 1. The van der Waals surface area contributed by atoms with E-state index in [1.807, 2.05) is 45.0 Å². The molecule has 0 unspecified atom stereocenters. The van der Waals surface area contributed by atoms with Gasteiger partial charge in [-0.25, -0.2) is 0 Å². The minimum Gasteiger partial charge on any atom is -0.493 e. The van der Waals surface area contributed by atoms with E-state index in [0.717, 1.165) is 27.7 Å². The highest BCUT2D eigenvalue weighted by Crippen LogP contribution is 2.28. The Morgan fingerprint density at radius 1 is 1.03 bits per heavy atom. The van der Waals surface area contributed by atoms with Crippen LogP contribution < -0.4 is 20.1 Å². The molecule has 0 fully saturated rings. The van der Waals surface area contributed by atoms with Gasteiger partial charge in [0.15, 0.2) is 18.1 Å². The maximum Gasteiger partial charge on any atom is 0.257 e. The second-order valence-electron chi connectivity index (χ2n) is 7.05. The molecule has 7 heteroatoms. The van der Waals surface area contributed by atoms with Gasteiger partial charge >= 0.3 is 0 Å². The number of ether oxygens (including phenoxy) is 2. The summed E-state index contributed by atoms with van der Waals surface area (Å²) in [5.41, 5.74) is 4.74. The summed E-state index contributed by atoms with van der Waals surface area (Å²) in [5, 5.41) is 6.66. The van der Waals surface area contributed by atoms with Crippen molar-refractivity contribution in [2.24, 2.45) is 0 Å². The average Bonchev–Trinajstić information content (AvgIpc) is 3.04. The average molecular weight is 409 g/mol. The number of likely N-dealkylation sites (N-methyl/N-ethyl adjacent to an activating group) is 1. The van der Waals surface area contributed by atoms with Crippen molar-refractivity contribution < 1.29 is 19.1 Å². The largest absolute Gasteiger partial charge is 0.493 e. The molecular weight excluding hydrogens is 382 g/mol. The van der Waals surface area contributed by atoms with Crippen LogP contribution in [0.15, 0.2) is 36.4 Å². The first-order chi connectivity index (χ1) is 14.4. The number of carbonyl (C=O) groups is 2. The maximum absolute atomic E-state index is 12.6. The first-order valence-corrected chi connectivity index (χ1v) is 9.86. The fraction of sp³-hybridized carbons (Fsp3) is 0.304. The molecule has 0 aliphatic heterocycles. The van der Waals surface area contributed by atoms with Gasteiger partial charge in [0, 0.05) is 35.2 Å². The van der Waals surface area contributed by atoms with Gasteiger partial charge in [-0.1, -0.05) is 6.07 Å². The van der Waals surface area contributed by atoms with E-state index in [0.29, 0.717) is 30.2 Å². The lowest BCUT2D eigenvalue weighted by Crippen LogP contribution is -2.28. The summed E-state index contributed by atoms with van der Waals surface area (Å²) in [6.07, 6.45) is 0. The minimum atomic E-state index is -0.194. The number of amides is 2. The van der Waals surface area contributed by atoms with Crippen molar-refractivity contribution in [3.63, 3.8) is 0 Å². The monoisotopic (exact) mass is 409 g/mol. The van der Waals surface area contributed by atoms with Gasteiger partial charge in [0.25, 0.3) is 11.8 Å². The topological polar surface area (TPSA) is 92.5 Å². The molecule has 0 saturated heterocycles. The SMILES string of the molecule is CCNC(=O)COc1ccc(CNC(=O)c2ccc3[nH]c(C)c(C)c3c2)cc1OC. The maximum atomic E-state index is 12.6. The number of nitrogens with one attached hydrogen (secondary N) is 3. The number of aryl methyl sites for hydroxylation is 2. The Morgan fingerprint density at radius 2 is 1.83 bits per heavy atom. The predicted molar refractivity (Wildman–Crippen MR) is 116 cm³/mol. The summed E-state index contributed by atoms with van der Waals surface area (Å²) >= 11 is 0. The van der Waals surface area contributed by atoms with Crippen LogP contribution in [0.3, 0.4) is 0 Å². The number of aromatic nitrogens is 1. The number of hydrogen-bond donors (Lipinski definition) is 3. The van der Waals surface area contributed by atoms with Crippen molar-refractivity contribution >= 4 is 22.7 Å². The normalized spacial score (nSPS) is 10.7. The van der Waals surface area contributed by atoms with Crippen molar-refractivity contribution in [1.82, 2.24) is 15.6 Å². The molecule has 3 N–H and O–H groups in total. The predicted octanol–water partition coefficient (Wildman–Crippen LogP) is 3.24. The Hall–Kier alpha value is -3.48. The zero-order valence-electron chi connectivity index (χ0n) is 17.7. The van der Waals surface area contributed by atoms with Crippen molar-refractivity contribution in [3.8, 4) is 11.5 Å². The number of hydrogen-bond acceptors (Lipinski definition) is 4. The third kappa shape index (κ3) is 4.74. The summed E-state index contributed by atoms with van der Waals surface area (Å²) < 4.78 is 10.9. The van der Waals surface area contributed by atoms with Crippen LogP contribution >= 0.6 is 0 Å². The summed E-state index contributed by atoms with van der Waals surface area (Å²) in [6.45, 7) is 6.72. The number of fused-ring (bicyclic) bond motifs is 1. The first-order valence-electron chi connectivity index (χ1n) is 9.86. The molecular formula is C23H27N3O4. The lowest BCUT2D eigenvalue weighted by molar-refractivity contribution is -0.123. The molecule has 0 aliphatic rings. The molecule has 1 heterocycles. The van der Waals surface area contributed by atoms with Gasteiger partial charge in [-0.3, -0.25) is 9.59 Å². The van der Waals surface area contributed by atoms with E-state index < -0.39 is 0 Å². The summed E-state index contributed by atoms with van der Waals surface area (Å²) in [7, 11) is 1.53. The molecule has 7 nitrogen and oxygen atoms in total. The van der Waals surface area contributed by atoms with Gasteiger partial charge in [-0.2, -0.15) is 0 Å². The fourth-order valence-electron chi connectivity index (χ4n) is 3.22. The van der Waals surface area contributed by atoms with Crippen molar-refractivity contribution in [2.75, 3.05) is 20.3 Å². The van der Waals surface area contributed by atoms with Gasteiger partial charge in [0.1, 0.15) is 0 Å². The molecule has 30 heavy (non-hydrogen) atoms. The van der Waals surface area contributed by atoms with Crippen LogP contribution in [-0.2, 0) is 11.3 Å². The summed E-state index contributed by atoms with van der Waals surface area (Å²) in [4.78, 5) is 27.5. The second-order valence-corrected chi connectivity index (χ2v) is 7.05. The molecule has 0 saturated carbocycles. The lowest BCUT2D eigenvalue weighted by Gasteiger charge is -2.12. The third-order valence-electron chi connectivity index (χ3n) is 4.98. The summed E-state index contributed by atoms with van der Waals surface area (Å²) in [5.74, 6) is 0.639. The number of rotatable bonds is 8. The number of H-pyrrole nitrogens is 1. The van der Waals surface area contributed by atoms with E-state index in [1.165, 1.54) is 7.11 Å². The number of methoxy groups -OCH3 is 1. The molecule has 0 bridgehead atoms. The Labute approximate surface area is 175 Å². The highest BCUT2D eigenvalue weighted by atomic mass is 16.5. The Balaban J connectivity index is 1.65. The molecule has 1 aromatic heterocycles. The van der Waals surface area contributed by atoms with Crippen LogP contribution in [0.4, 0.5) is 0 Å². The molecule has 2 amide bonds. The van der Waals surface area contributed by atoms with E-state index in [-0.39, 0.29) is 18.4 Å². The van der Waals surface area contributed by atoms with Gasteiger partial charge in [0.2, 0.25) is 0 Å². The van der Waals surface area contributed by atoms with Crippen LogP contribution in [0.1, 0.15) is 34.1 Å². The van der Waals surface area contributed by atoms with E-state index in [9.17, 15) is 9.59 Å². The molecule has 3 aromatic rings. The molecule has 0 spiro atoms. The van der Waals surface area contributed by atoms with Crippen LogP contribution in [0, 0.1) is 13.8 Å². The van der Waals surface area contributed by atoms with Gasteiger partial charge in [-0.15, -0.1) is 0 Å². The quantitative estimate of drug-likeness (QED) is 0.533. The Bertz CT molecular complexity index is 1070. The molecule has 3 rings (SSSR count). The third-order valence-corrected chi connectivity index (χ3v) is 4.98. The van der Waals surface area contributed by atoms with Gasteiger partial charge < -0.3 is 25.1 Å². The van der Waals surface area contributed by atoms with Gasteiger partial charge in [-0.05, 0) is 62.2 Å². The smallest absolute Gasteiger partial charge is 0.257 e. The standard InChI is InChI=1S/C23H27N3O4/c1-5-24-22(27)13-30-20-9-6-16(10-21(20)29-4)12-25-23(28)17-7-8-19-18(11-17)14(2)15(3)26-19/h6-11,26H,5,12-13H2,1-4H3,(H,24,27)(H,25,28). The highest BCUT2D eigenvalue weighted by molar-refractivity contribution is 5.99. The minimum absolute atomic E-state index is 0.0825. The lowest BCUT2D eigenvalue weighted by atomic mass is 10.1. The van der Waals surface area contributed by atoms with Crippen LogP contribution in [0.2, 0.25) is 0 Å². The summed E-state index contributed by atoms with van der Waals surface area (Å²) in [6, 6.07) is 11.0. The first kappa shape index (κ1) is 21.2. The van der Waals surface area contributed by atoms with Crippen molar-refractivity contribution in [3.05, 3.63) is 58.8 Å². The van der Waals surface area contributed by atoms with E-state index in [1.54, 1.807) is 12.1 Å². The van der Waals surface area contributed by atoms with Crippen LogP contribution in [-0.4, -0.2) is 37.1 Å². The molecule has 158 valence electrons. The van der Waals surface area contributed by atoms with Gasteiger partial charge in [0.05, 0.1) is 7.11 Å². The fourth-order valence-corrected chi connectivity index (χ4v) is 3.22. The van der Waals surface area contributed by atoms with Crippen LogP contribution in [0.25, 0.3) is 10.9 Å². The molecule has 2 aromatic carbocycles. The second kappa shape index (κ2) is 9.35. The zero-order chi connectivity index (χ0) is 21.7. The van der Waals surface area contributed by atoms with E-state index in [2.05, 4.69) is 15.6 Å². The number of carbonyl (C=O) groups excluding carboxylic acids is 2. The molecule has 0 radical (unpaired) electrons. The molecule has 0 atom stereocenters. The highest BCUT2D eigenvalue weighted by Gasteiger charge is 2.12. The van der Waals surface area contributed by atoms with E-state index >= 15 is 0 Å². The van der Waals surface area contributed by atoms with E-state index in [4.69, 9.17) is 9.47 Å². The zero-order valence-corrected chi connectivity index (χ0v) is 17.7. The Kier molecular flexibility index (Phi) is 6.61. The molecule has 0 aliphatic carbocycles. The van der Waals surface area contributed by atoms with Crippen LogP contribution in [0.5, 0.6) is 11.5 Å². The Morgan fingerprint density at radius 3 is 2.57 bits per heavy atom. The van der Waals surface area contributed by atoms with Crippen molar-refractivity contribution in [1.29, 1.82) is 0 Å².